The Morgan fingerprint density at radius 3 is 2.27 bits per heavy atom. The van der Waals surface area contributed by atoms with Gasteiger partial charge in [-0.1, -0.05) is 30.3 Å². The maximum atomic E-state index is 13.3. The Kier molecular flexibility index (Phi) is 6.77. The molecule has 216 valence electrons. The predicted octanol–water partition coefficient (Wildman–Crippen LogP) is 6.27. The summed E-state index contributed by atoms with van der Waals surface area (Å²) in [6.07, 6.45) is -2.82. The first-order valence-electron chi connectivity index (χ1n) is 12.9. The highest BCUT2D eigenvalue weighted by molar-refractivity contribution is 7.22. The topological polar surface area (TPSA) is 109 Å². The van der Waals surface area contributed by atoms with E-state index in [1.165, 1.54) is 22.4 Å². The number of benzene rings is 1. The summed E-state index contributed by atoms with van der Waals surface area (Å²) in [7, 11) is 0. The SMILES string of the molecule is CC(C)(C)N(C(=O)O)[C@]1(c2ccc(-c3sc4ncn(CC(F)(F)F)c(=O)c4c3-c3ccccn3)cc2)C[C@](C)(O)C1. The first kappa shape index (κ1) is 28.7. The molecule has 1 saturated carbocycles. The van der Waals surface area contributed by atoms with E-state index in [0.717, 1.165) is 6.33 Å². The number of alkyl halides is 3. The standard InChI is InChI=1S/C29H29F3N4O4S/c1-26(2,3)36(25(38)39)28(13-27(4,40)14-28)18-10-8-17(9-11-18)22-20(19-7-5-6-12-33-19)21-23(41-22)34-16-35(24(21)37)15-29(30,31)32/h5-12,16,40H,13-15H2,1-4H3,(H,38,39)/t27-,28+. The molecule has 0 unspecified atom stereocenters. The van der Waals surface area contributed by atoms with Gasteiger partial charge in [-0.05, 0) is 51.0 Å². The average molecular weight is 587 g/mol. The minimum atomic E-state index is -4.60. The van der Waals surface area contributed by atoms with Gasteiger partial charge in [0.1, 0.15) is 11.4 Å². The number of amides is 1. The maximum absolute atomic E-state index is 13.3. The van der Waals surface area contributed by atoms with Crippen LogP contribution in [0.2, 0.25) is 0 Å². The number of carboxylic acid groups (broad SMARTS) is 1. The molecule has 41 heavy (non-hydrogen) atoms. The zero-order valence-corrected chi connectivity index (χ0v) is 23.7. The molecule has 3 aromatic heterocycles. The van der Waals surface area contributed by atoms with Gasteiger partial charge in [0.25, 0.3) is 5.56 Å². The number of aromatic nitrogens is 3. The molecule has 0 radical (unpaired) electrons. The van der Waals surface area contributed by atoms with Gasteiger partial charge in [-0.2, -0.15) is 13.2 Å². The highest BCUT2D eigenvalue weighted by Crippen LogP contribution is 2.55. The summed E-state index contributed by atoms with van der Waals surface area (Å²) in [5, 5.41) is 20.9. The number of pyridine rings is 1. The Balaban J connectivity index is 1.67. The molecule has 3 heterocycles. The Morgan fingerprint density at radius 2 is 1.76 bits per heavy atom. The summed E-state index contributed by atoms with van der Waals surface area (Å²) in [6.45, 7) is 5.63. The van der Waals surface area contributed by atoms with Crippen molar-refractivity contribution in [3.63, 3.8) is 0 Å². The smallest absolute Gasteiger partial charge is 0.408 e. The summed E-state index contributed by atoms with van der Waals surface area (Å²) < 4.78 is 40.0. The van der Waals surface area contributed by atoms with Crippen molar-refractivity contribution >= 4 is 27.6 Å². The molecular weight excluding hydrogens is 557 g/mol. The number of aliphatic hydroxyl groups is 1. The Labute approximate surface area is 237 Å². The molecule has 1 amide bonds. The molecule has 12 heteroatoms. The van der Waals surface area contributed by atoms with E-state index in [1.807, 2.05) is 0 Å². The van der Waals surface area contributed by atoms with Crippen molar-refractivity contribution in [2.75, 3.05) is 0 Å². The van der Waals surface area contributed by atoms with Gasteiger partial charge in [0.2, 0.25) is 0 Å². The van der Waals surface area contributed by atoms with Crippen LogP contribution in [-0.4, -0.2) is 53.1 Å². The molecule has 5 rings (SSSR count). The van der Waals surface area contributed by atoms with Gasteiger partial charge in [-0.3, -0.25) is 19.2 Å². The third kappa shape index (κ3) is 5.21. The van der Waals surface area contributed by atoms with E-state index in [0.29, 0.717) is 31.8 Å². The maximum Gasteiger partial charge on any atom is 0.408 e. The first-order chi connectivity index (χ1) is 19.0. The highest BCUT2D eigenvalue weighted by atomic mass is 32.1. The van der Waals surface area contributed by atoms with Crippen LogP contribution in [0.15, 0.2) is 59.8 Å². The van der Waals surface area contributed by atoms with Crippen molar-refractivity contribution in [1.82, 2.24) is 19.4 Å². The van der Waals surface area contributed by atoms with E-state index in [1.54, 1.807) is 70.2 Å². The number of carbonyl (C=O) groups is 1. The minimum absolute atomic E-state index is 0.0517. The lowest BCUT2D eigenvalue weighted by atomic mass is 9.60. The molecule has 0 bridgehead atoms. The van der Waals surface area contributed by atoms with Crippen LogP contribution < -0.4 is 5.56 Å². The van der Waals surface area contributed by atoms with E-state index in [2.05, 4.69) is 9.97 Å². The van der Waals surface area contributed by atoms with Crippen molar-refractivity contribution in [2.45, 2.75) is 69.9 Å². The van der Waals surface area contributed by atoms with E-state index in [-0.39, 0.29) is 23.1 Å². The molecule has 0 spiro atoms. The van der Waals surface area contributed by atoms with Crippen LogP contribution in [0.5, 0.6) is 0 Å². The van der Waals surface area contributed by atoms with Crippen molar-refractivity contribution < 1.29 is 28.2 Å². The van der Waals surface area contributed by atoms with E-state index < -0.39 is 41.1 Å². The van der Waals surface area contributed by atoms with E-state index in [4.69, 9.17) is 0 Å². The van der Waals surface area contributed by atoms with E-state index >= 15 is 0 Å². The van der Waals surface area contributed by atoms with Gasteiger partial charge < -0.3 is 10.2 Å². The molecule has 1 aliphatic carbocycles. The highest BCUT2D eigenvalue weighted by Gasteiger charge is 2.59. The second-order valence-electron chi connectivity index (χ2n) is 11.7. The quantitative estimate of drug-likeness (QED) is 0.286. The van der Waals surface area contributed by atoms with Crippen molar-refractivity contribution in [3.05, 3.63) is 70.9 Å². The molecule has 8 nitrogen and oxygen atoms in total. The lowest BCUT2D eigenvalue weighted by molar-refractivity contribution is -0.152. The predicted molar refractivity (Wildman–Crippen MR) is 150 cm³/mol. The van der Waals surface area contributed by atoms with Gasteiger partial charge in [0.05, 0.1) is 28.5 Å². The third-order valence-electron chi connectivity index (χ3n) is 7.27. The van der Waals surface area contributed by atoms with Crippen LogP contribution in [0.4, 0.5) is 18.0 Å². The zero-order chi connectivity index (χ0) is 30.0. The summed E-state index contributed by atoms with van der Waals surface area (Å²) in [5.41, 5.74) is -1.38. The number of fused-ring (bicyclic) bond motifs is 1. The molecule has 4 aromatic rings. The van der Waals surface area contributed by atoms with Crippen molar-refractivity contribution in [1.29, 1.82) is 0 Å². The fraction of sp³-hybridized carbons (Fsp3) is 0.379. The summed E-state index contributed by atoms with van der Waals surface area (Å²) >= 11 is 1.17. The lowest BCUT2D eigenvalue weighted by Crippen LogP contribution is -2.67. The monoisotopic (exact) mass is 586 g/mol. The number of nitrogens with zero attached hydrogens (tertiary/aromatic N) is 4. The van der Waals surface area contributed by atoms with Gasteiger partial charge in [0, 0.05) is 35.0 Å². The van der Waals surface area contributed by atoms with Gasteiger partial charge in [-0.25, -0.2) is 9.78 Å². The van der Waals surface area contributed by atoms with Gasteiger partial charge in [-0.15, -0.1) is 11.3 Å². The van der Waals surface area contributed by atoms with Crippen LogP contribution in [0.1, 0.15) is 46.1 Å². The van der Waals surface area contributed by atoms with Crippen molar-refractivity contribution in [3.8, 4) is 21.7 Å². The Hall–Kier alpha value is -3.77. The third-order valence-corrected chi connectivity index (χ3v) is 8.42. The van der Waals surface area contributed by atoms with Crippen LogP contribution in [0, 0.1) is 0 Å². The Bertz CT molecular complexity index is 1670. The van der Waals surface area contributed by atoms with Crippen LogP contribution in [-0.2, 0) is 12.1 Å². The fourth-order valence-corrected chi connectivity index (χ4v) is 7.18. The molecule has 0 aliphatic heterocycles. The average Bonchev–Trinajstić information content (AvgIpc) is 3.24. The number of thiophene rings is 1. The molecule has 1 aliphatic rings. The largest absolute Gasteiger partial charge is 0.465 e. The van der Waals surface area contributed by atoms with E-state index in [9.17, 15) is 33.0 Å². The van der Waals surface area contributed by atoms with Gasteiger partial charge in [0.15, 0.2) is 0 Å². The molecule has 1 aromatic carbocycles. The van der Waals surface area contributed by atoms with Crippen LogP contribution >= 0.6 is 11.3 Å². The fourth-order valence-electron chi connectivity index (χ4n) is 6.03. The second kappa shape index (κ2) is 9.66. The second-order valence-corrected chi connectivity index (χ2v) is 12.7. The minimum Gasteiger partial charge on any atom is -0.465 e. The molecular formula is C29H29F3N4O4S. The zero-order valence-electron chi connectivity index (χ0n) is 22.9. The number of hydrogen-bond acceptors (Lipinski definition) is 6. The lowest BCUT2D eigenvalue weighted by Gasteiger charge is -2.60. The summed E-state index contributed by atoms with van der Waals surface area (Å²) in [5.74, 6) is 0. The molecule has 2 N–H and O–H groups in total. The number of rotatable bonds is 5. The number of hydrogen-bond donors (Lipinski definition) is 2. The van der Waals surface area contributed by atoms with Crippen molar-refractivity contribution in [2.24, 2.45) is 0 Å². The number of halogens is 3. The molecule has 0 saturated heterocycles. The van der Waals surface area contributed by atoms with Crippen LogP contribution in [0.3, 0.4) is 0 Å². The molecule has 1 fully saturated rings. The normalized spacial score (nSPS) is 21.1. The summed E-state index contributed by atoms with van der Waals surface area (Å²) in [4.78, 5) is 36.5. The van der Waals surface area contributed by atoms with Crippen LogP contribution in [0.25, 0.3) is 31.9 Å². The first-order valence-corrected chi connectivity index (χ1v) is 13.7. The summed E-state index contributed by atoms with van der Waals surface area (Å²) in [6, 6.07) is 12.3. The molecule has 0 atom stereocenters. The van der Waals surface area contributed by atoms with Gasteiger partial charge >= 0.3 is 12.3 Å². The Morgan fingerprint density at radius 1 is 1.10 bits per heavy atom.